The van der Waals surface area contributed by atoms with E-state index in [1.54, 1.807) is 22.9 Å². The van der Waals surface area contributed by atoms with E-state index in [1.165, 1.54) is 0 Å². The third-order valence-corrected chi connectivity index (χ3v) is 6.08. The molecule has 35 heavy (non-hydrogen) atoms. The van der Waals surface area contributed by atoms with Crippen molar-refractivity contribution in [1.29, 1.82) is 0 Å². The molecule has 0 radical (unpaired) electrons. The summed E-state index contributed by atoms with van der Waals surface area (Å²) < 4.78 is 6.82. The number of piperidine rings is 1. The lowest BCUT2D eigenvalue weighted by Gasteiger charge is -2.33. The maximum atomic E-state index is 11.6. The van der Waals surface area contributed by atoms with Gasteiger partial charge in [-0.2, -0.15) is 0 Å². The second-order valence-corrected chi connectivity index (χ2v) is 10.2. The van der Waals surface area contributed by atoms with E-state index in [9.17, 15) is 25.2 Å². The van der Waals surface area contributed by atoms with Gasteiger partial charge >= 0.3 is 6.09 Å². The lowest BCUT2D eigenvalue weighted by Crippen LogP contribution is -2.47. The van der Waals surface area contributed by atoms with Crippen molar-refractivity contribution in [3.63, 3.8) is 0 Å². The molecular formula is C25H40N4O6. The molecule has 0 aliphatic carbocycles. The van der Waals surface area contributed by atoms with E-state index in [4.69, 9.17) is 4.74 Å². The smallest absolute Gasteiger partial charge is 0.407 e. The second-order valence-electron chi connectivity index (χ2n) is 10.2. The van der Waals surface area contributed by atoms with Crippen LogP contribution in [0.25, 0.3) is 10.8 Å². The first-order valence-electron chi connectivity index (χ1n) is 12.4. The number of carbonyl (C=O) groups excluding carboxylic acids is 1. The Kier molecular flexibility index (Phi) is 9.23. The van der Waals surface area contributed by atoms with E-state index >= 15 is 0 Å². The molecule has 2 aromatic rings. The molecule has 7 N–H and O–H groups in total. The molecule has 1 aliphatic rings. The molecule has 1 aromatic carbocycles. The molecular weight excluding hydrogens is 452 g/mol. The Morgan fingerprint density at radius 3 is 2.63 bits per heavy atom. The normalized spacial score (nSPS) is 21.6. The largest absolute Gasteiger partial charge is 0.494 e. The summed E-state index contributed by atoms with van der Waals surface area (Å²) in [7, 11) is 0. The predicted octanol–water partition coefficient (Wildman–Crippen LogP) is 3.11. The molecule has 0 saturated carbocycles. The highest BCUT2D eigenvalue weighted by atomic mass is 16.6. The number of hydrogen-bond donors (Lipinski definition) is 7. The zero-order valence-corrected chi connectivity index (χ0v) is 20.8. The van der Waals surface area contributed by atoms with Gasteiger partial charge in [0.2, 0.25) is 0 Å². The van der Waals surface area contributed by atoms with Gasteiger partial charge in [-0.1, -0.05) is 18.9 Å². The molecule has 1 fully saturated rings. The number of anilines is 1. The highest BCUT2D eigenvalue weighted by Gasteiger charge is 2.30. The molecule has 1 aliphatic heterocycles. The number of carbonyl (C=O) groups is 1. The van der Waals surface area contributed by atoms with Crippen LogP contribution in [-0.4, -0.2) is 61.9 Å². The summed E-state index contributed by atoms with van der Waals surface area (Å²) in [5.41, 5.74) is 0.195. The van der Waals surface area contributed by atoms with Gasteiger partial charge in [0.05, 0.1) is 6.04 Å². The van der Waals surface area contributed by atoms with Gasteiger partial charge in [-0.3, -0.25) is 5.32 Å². The number of ether oxygens (including phenoxy) is 1. The summed E-state index contributed by atoms with van der Waals surface area (Å²) in [6.45, 7) is 6.04. The van der Waals surface area contributed by atoms with Gasteiger partial charge in [0, 0.05) is 29.2 Å². The summed E-state index contributed by atoms with van der Waals surface area (Å²) in [5.74, 6) is 0.0420. The van der Waals surface area contributed by atoms with E-state index in [2.05, 4.69) is 16.0 Å². The van der Waals surface area contributed by atoms with Crippen molar-refractivity contribution in [1.82, 2.24) is 15.2 Å². The molecule has 10 heteroatoms. The number of aromatic hydroxyl groups is 1. The highest BCUT2D eigenvalue weighted by Crippen LogP contribution is 2.37. The number of hydrogen-bond acceptors (Lipinski definition) is 8. The Balaban J connectivity index is 1.46. The maximum absolute atomic E-state index is 11.6. The van der Waals surface area contributed by atoms with E-state index in [1.807, 2.05) is 26.8 Å². The minimum Gasteiger partial charge on any atom is -0.494 e. The van der Waals surface area contributed by atoms with Crippen LogP contribution in [0.3, 0.4) is 0 Å². The number of benzene rings is 1. The number of alkyl carbamates (subject to hydrolysis) is 1. The van der Waals surface area contributed by atoms with Gasteiger partial charge < -0.3 is 40.4 Å². The second kappa shape index (κ2) is 11.9. The van der Waals surface area contributed by atoms with Crippen molar-refractivity contribution in [3.8, 4) is 5.88 Å². The first-order chi connectivity index (χ1) is 16.5. The van der Waals surface area contributed by atoms with Crippen molar-refractivity contribution >= 4 is 22.6 Å². The SMILES string of the molecule is CC(C)(C)OC(=O)NCCCCCCC(O)Nc1cccc2c(O)n(C3CCC(O)NC3O)cc12. The van der Waals surface area contributed by atoms with E-state index in [0.717, 1.165) is 31.1 Å². The van der Waals surface area contributed by atoms with Crippen molar-refractivity contribution in [2.45, 2.75) is 96.0 Å². The fourth-order valence-corrected chi connectivity index (χ4v) is 4.36. The third-order valence-electron chi connectivity index (χ3n) is 6.08. The number of aliphatic hydroxyl groups excluding tert-OH is 3. The summed E-state index contributed by atoms with van der Waals surface area (Å²) in [4.78, 5) is 11.6. The van der Waals surface area contributed by atoms with Gasteiger partial charge in [0.1, 0.15) is 24.3 Å². The third kappa shape index (κ3) is 7.73. The fourth-order valence-electron chi connectivity index (χ4n) is 4.36. The number of amides is 1. The lowest BCUT2D eigenvalue weighted by atomic mass is 10.0. The number of fused-ring (bicyclic) bond motifs is 1. The van der Waals surface area contributed by atoms with Gasteiger partial charge in [0.15, 0.2) is 5.88 Å². The minimum atomic E-state index is -0.979. The van der Waals surface area contributed by atoms with Crippen molar-refractivity contribution in [2.24, 2.45) is 0 Å². The average molecular weight is 493 g/mol. The van der Waals surface area contributed by atoms with E-state index < -0.39 is 36.4 Å². The van der Waals surface area contributed by atoms with Gasteiger partial charge in [-0.05, 0) is 65.0 Å². The topological polar surface area (TPSA) is 148 Å². The zero-order chi connectivity index (χ0) is 25.6. The summed E-state index contributed by atoms with van der Waals surface area (Å²) in [6, 6.07) is 5.03. The van der Waals surface area contributed by atoms with Crippen LogP contribution in [0.2, 0.25) is 0 Å². The van der Waals surface area contributed by atoms with Crippen molar-refractivity contribution in [3.05, 3.63) is 24.4 Å². The first kappa shape index (κ1) is 27.1. The molecule has 4 unspecified atom stereocenters. The van der Waals surface area contributed by atoms with Crippen LogP contribution < -0.4 is 16.0 Å². The molecule has 4 atom stereocenters. The van der Waals surface area contributed by atoms with Crippen molar-refractivity contribution in [2.75, 3.05) is 11.9 Å². The molecule has 1 saturated heterocycles. The van der Waals surface area contributed by atoms with Gasteiger partial charge in [0.25, 0.3) is 0 Å². The Morgan fingerprint density at radius 2 is 1.91 bits per heavy atom. The molecule has 0 bridgehead atoms. The highest BCUT2D eigenvalue weighted by molar-refractivity contribution is 5.97. The number of nitrogens with one attached hydrogen (secondary N) is 3. The molecule has 0 spiro atoms. The van der Waals surface area contributed by atoms with Crippen LogP contribution in [0.4, 0.5) is 10.5 Å². The summed E-state index contributed by atoms with van der Waals surface area (Å²) in [5, 5.41) is 51.2. The molecule has 1 amide bonds. The van der Waals surface area contributed by atoms with E-state index in [-0.39, 0.29) is 5.88 Å². The predicted molar refractivity (Wildman–Crippen MR) is 134 cm³/mol. The molecule has 2 heterocycles. The van der Waals surface area contributed by atoms with Crippen LogP contribution in [0.5, 0.6) is 5.88 Å². The zero-order valence-electron chi connectivity index (χ0n) is 20.8. The molecule has 3 rings (SSSR count). The van der Waals surface area contributed by atoms with Crippen LogP contribution >= 0.6 is 0 Å². The average Bonchev–Trinajstić information content (AvgIpc) is 3.09. The standard InChI is InChI=1S/C25H40N4O6/c1-25(2,3)35-24(34)26-14-7-5-4-6-11-20(30)27-18-10-8-9-16-17(18)15-29(23(16)33)19-12-13-21(31)28-22(19)32/h8-10,15,19-22,27-28,30-33H,4-7,11-14H2,1-3H3,(H,26,34). The number of rotatable bonds is 10. The Morgan fingerprint density at radius 1 is 1.17 bits per heavy atom. The number of aromatic nitrogens is 1. The number of unbranched alkanes of at least 4 members (excludes halogenated alkanes) is 3. The summed E-state index contributed by atoms with van der Waals surface area (Å²) >= 11 is 0. The van der Waals surface area contributed by atoms with Crippen LogP contribution in [-0.2, 0) is 4.74 Å². The number of nitrogens with zero attached hydrogens (tertiary/aromatic N) is 1. The quantitative estimate of drug-likeness (QED) is 0.198. The fraction of sp³-hybridized carbons (Fsp3) is 0.640. The monoisotopic (exact) mass is 492 g/mol. The first-order valence-corrected chi connectivity index (χ1v) is 12.4. The van der Waals surface area contributed by atoms with Crippen LogP contribution in [0.15, 0.2) is 24.4 Å². The number of aliphatic hydroxyl groups is 3. The van der Waals surface area contributed by atoms with Gasteiger partial charge in [-0.25, -0.2) is 4.79 Å². The van der Waals surface area contributed by atoms with Crippen LogP contribution in [0, 0.1) is 0 Å². The molecule has 1 aromatic heterocycles. The van der Waals surface area contributed by atoms with Gasteiger partial charge in [-0.15, -0.1) is 0 Å². The van der Waals surface area contributed by atoms with Crippen LogP contribution in [0.1, 0.15) is 71.8 Å². The summed E-state index contributed by atoms with van der Waals surface area (Å²) in [6.07, 6.45) is 3.94. The molecule has 196 valence electrons. The lowest BCUT2D eigenvalue weighted by molar-refractivity contribution is -0.0290. The maximum Gasteiger partial charge on any atom is 0.407 e. The van der Waals surface area contributed by atoms with E-state index in [0.29, 0.717) is 36.9 Å². The Labute approximate surface area is 206 Å². The minimum absolute atomic E-state index is 0.0420. The van der Waals surface area contributed by atoms with Crippen molar-refractivity contribution < 1.29 is 30.0 Å². The Hall–Kier alpha value is -2.53. The Bertz CT molecular complexity index is 973. The molecule has 10 nitrogen and oxygen atoms in total.